The molecule has 0 aliphatic heterocycles. The molecule has 7 heteroatoms. The molecule has 7 nitrogen and oxygen atoms in total. The van der Waals surface area contributed by atoms with Gasteiger partial charge in [-0.3, -0.25) is 4.79 Å². The molecule has 0 saturated carbocycles. The van der Waals surface area contributed by atoms with Crippen LogP contribution in [0.2, 0.25) is 0 Å². The second-order valence-corrected chi connectivity index (χ2v) is 6.35. The summed E-state index contributed by atoms with van der Waals surface area (Å²) in [6, 6.07) is 18.8. The van der Waals surface area contributed by atoms with Crippen molar-refractivity contribution in [2.75, 3.05) is 19.0 Å². The van der Waals surface area contributed by atoms with Crippen LogP contribution in [0, 0.1) is 11.3 Å². The van der Waals surface area contributed by atoms with Crippen LogP contribution in [0.1, 0.15) is 23.0 Å². The Bertz CT molecular complexity index is 1140. The molecule has 156 valence electrons. The highest BCUT2D eigenvalue weighted by atomic mass is 16.5. The van der Waals surface area contributed by atoms with Gasteiger partial charge in [-0.05, 0) is 55.5 Å². The van der Waals surface area contributed by atoms with Gasteiger partial charge in [0.1, 0.15) is 28.9 Å². The summed E-state index contributed by atoms with van der Waals surface area (Å²) in [5.74, 6) is 0.607. The third-order valence-electron chi connectivity index (χ3n) is 4.31. The Kier molecular flexibility index (Phi) is 6.86. The zero-order valence-electron chi connectivity index (χ0n) is 17.0. The van der Waals surface area contributed by atoms with Gasteiger partial charge in [0, 0.05) is 17.3 Å². The Morgan fingerprint density at radius 1 is 1.06 bits per heavy atom. The lowest BCUT2D eigenvalue weighted by Crippen LogP contribution is -2.13. The van der Waals surface area contributed by atoms with E-state index in [4.69, 9.17) is 13.9 Å². The quantitative estimate of drug-likeness (QED) is 0.341. The van der Waals surface area contributed by atoms with Gasteiger partial charge in [0.25, 0.3) is 5.91 Å². The van der Waals surface area contributed by atoms with E-state index < -0.39 is 11.9 Å². The minimum Gasteiger partial charge on any atom is -0.497 e. The zero-order chi connectivity index (χ0) is 22.2. The van der Waals surface area contributed by atoms with Gasteiger partial charge in [-0.1, -0.05) is 12.1 Å². The zero-order valence-corrected chi connectivity index (χ0v) is 17.0. The number of benzene rings is 2. The van der Waals surface area contributed by atoms with E-state index in [0.29, 0.717) is 35.1 Å². The van der Waals surface area contributed by atoms with Crippen molar-refractivity contribution in [3.05, 3.63) is 77.6 Å². The van der Waals surface area contributed by atoms with Crippen molar-refractivity contribution in [2.24, 2.45) is 0 Å². The van der Waals surface area contributed by atoms with Crippen LogP contribution in [0.4, 0.5) is 5.69 Å². The molecule has 0 aliphatic rings. The monoisotopic (exact) mass is 416 g/mol. The van der Waals surface area contributed by atoms with Crippen LogP contribution in [0.15, 0.2) is 70.7 Å². The molecule has 0 radical (unpaired) electrons. The molecule has 0 fully saturated rings. The number of rotatable bonds is 7. The Morgan fingerprint density at radius 3 is 2.39 bits per heavy atom. The number of amides is 1. The number of carbonyl (C=O) groups excluding carboxylic acids is 2. The summed E-state index contributed by atoms with van der Waals surface area (Å²) >= 11 is 0. The first kappa shape index (κ1) is 21.4. The number of methoxy groups -OCH3 is 1. The highest BCUT2D eigenvalue weighted by molar-refractivity contribution is 6.09. The van der Waals surface area contributed by atoms with Crippen molar-refractivity contribution < 1.29 is 23.5 Å². The van der Waals surface area contributed by atoms with E-state index in [1.165, 1.54) is 6.08 Å². The number of nitrogens with one attached hydrogen (secondary N) is 1. The first-order valence-electron chi connectivity index (χ1n) is 9.48. The van der Waals surface area contributed by atoms with E-state index in [9.17, 15) is 14.9 Å². The van der Waals surface area contributed by atoms with Crippen molar-refractivity contribution in [3.8, 4) is 23.1 Å². The lowest BCUT2D eigenvalue weighted by atomic mass is 10.1. The van der Waals surface area contributed by atoms with Crippen molar-refractivity contribution in [1.82, 2.24) is 0 Å². The van der Waals surface area contributed by atoms with Crippen LogP contribution in [-0.4, -0.2) is 25.6 Å². The van der Waals surface area contributed by atoms with Gasteiger partial charge >= 0.3 is 5.97 Å². The molecule has 0 aliphatic carbocycles. The van der Waals surface area contributed by atoms with Gasteiger partial charge in [-0.15, -0.1) is 0 Å². The number of hydrogen-bond acceptors (Lipinski definition) is 6. The molecular formula is C24H20N2O5. The maximum atomic E-state index is 12.4. The van der Waals surface area contributed by atoms with E-state index >= 15 is 0 Å². The number of hydrogen-bond donors (Lipinski definition) is 1. The SMILES string of the molecule is CCOC(=O)c1ccc(-c2ccc(C=C(C#N)C(=O)Nc3ccc(OC)cc3)o2)cc1. The first-order valence-corrected chi connectivity index (χ1v) is 9.48. The summed E-state index contributed by atoms with van der Waals surface area (Å²) in [6.45, 7) is 2.05. The van der Waals surface area contributed by atoms with Gasteiger partial charge in [0.2, 0.25) is 0 Å². The largest absolute Gasteiger partial charge is 0.497 e. The number of carbonyl (C=O) groups is 2. The average Bonchev–Trinajstić information content (AvgIpc) is 3.27. The summed E-state index contributed by atoms with van der Waals surface area (Å²) in [5, 5.41) is 12.0. The summed E-state index contributed by atoms with van der Waals surface area (Å²) in [6.07, 6.45) is 1.37. The molecule has 3 aromatic rings. The van der Waals surface area contributed by atoms with E-state index in [1.807, 2.05) is 6.07 Å². The maximum Gasteiger partial charge on any atom is 0.338 e. The number of ether oxygens (including phenoxy) is 2. The normalized spacial score (nSPS) is 10.8. The molecule has 2 aromatic carbocycles. The second-order valence-electron chi connectivity index (χ2n) is 6.35. The molecular weight excluding hydrogens is 396 g/mol. The van der Waals surface area contributed by atoms with Crippen LogP contribution in [0.3, 0.4) is 0 Å². The molecule has 1 amide bonds. The lowest BCUT2D eigenvalue weighted by molar-refractivity contribution is -0.112. The molecule has 0 spiro atoms. The highest BCUT2D eigenvalue weighted by Gasteiger charge is 2.12. The molecule has 0 atom stereocenters. The topological polar surface area (TPSA) is 102 Å². The highest BCUT2D eigenvalue weighted by Crippen LogP contribution is 2.24. The molecule has 3 rings (SSSR count). The molecule has 1 heterocycles. The summed E-state index contributed by atoms with van der Waals surface area (Å²) < 4.78 is 15.8. The fourth-order valence-electron chi connectivity index (χ4n) is 2.73. The fourth-order valence-corrected chi connectivity index (χ4v) is 2.73. The van der Waals surface area contributed by atoms with Crippen LogP contribution in [0.25, 0.3) is 17.4 Å². The summed E-state index contributed by atoms with van der Waals surface area (Å²) in [7, 11) is 1.55. The minimum absolute atomic E-state index is 0.102. The Labute approximate surface area is 179 Å². The number of esters is 1. The maximum absolute atomic E-state index is 12.4. The van der Waals surface area contributed by atoms with Crippen LogP contribution in [-0.2, 0) is 9.53 Å². The van der Waals surface area contributed by atoms with E-state index in [-0.39, 0.29) is 5.57 Å². The van der Waals surface area contributed by atoms with Gasteiger partial charge in [0.15, 0.2) is 0 Å². The van der Waals surface area contributed by atoms with Crippen LogP contribution in [0.5, 0.6) is 5.75 Å². The van der Waals surface area contributed by atoms with E-state index in [2.05, 4.69) is 5.32 Å². The molecule has 0 bridgehead atoms. The number of furan rings is 1. The van der Waals surface area contributed by atoms with Gasteiger partial charge in [-0.2, -0.15) is 5.26 Å². The van der Waals surface area contributed by atoms with E-state index in [0.717, 1.165) is 5.56 Å². The second kappa shape index (κ2) is 9.94. The number of anilines is 1. The summed E-state index contributed by atoms with van der Waals surface area (Å²) in [4.78, 5) is 24.2. The van der Waals surface area contributed by atoms with Crippen molar-refractivity contribution >= 4 is 23.6 Å². The standard InChI is InChI=1S/C24H20N2O5/c1-3-30-24(28)17-6-4-16(5-7-17)22-13-12-21(31-22)14-18(15-25)23(27)26-19-8-10-20(29-2)11-9-19/h4-14H,3H2,1-2H3,(H,26,27). The van der Waals surface area contributed by atoms with Gasteiger partial charge in [0.05, 0.1) is 19.3 Å². The number of nitriles is 1. The van der Waals surface area contributed by atoms with E-state index in [1.54, 1.807) is 74.7 Å². The smallest absolute Gasteiger partial charge is 0.338 e. The predicted molar refractivity (Wildman–Crippen MR) is 115 cm³/mol. The summed E-state index contributed by atoms with van der Waals surface area (Å²) in [5.41, 5.74) is 1.62. The fraction of sp³-hybridized carbons (Fsp3) is 0.125. The molecule has 0 unspecified atom stereocenters. The first-order chi connectivity index (χ1) is 15.0. The number of nitrogens with zero attached hydrogens (tertiary/aromatic N) is 1. The van der Waals surface area contributed by atoms with Crippen molar-refractivity contribution in [3.63, 3.8) is 0 Å². The Balaban J connectivity index is 1.73. The average molecular weight is 416 g/mol. The molecule has 0 saturated heterocycles. The third-order valence-corrected chi connectivity index (χ3v) is 4.31. The Morgan fingerprint density at radius 2 is 1.77 bits per heavy atom. The minimum atomic E-state index is -0.551. The molecule has 1 N–H and O–H groups in total. The molecule has 31 heavy (non-hydrogen) atoms. The predicted octanol–water partition coefficient (Wildman–Crippen LogP) is 4.68. The van der Waals surface area contributed by atoms with Crippen LogP contribution < -0.4 is 10.1 Å². The van der Waals surface area contributed by atoms with Gasteiger partial charge in [-0.25, -0.2) is 4.79 Å². The van der Waals surface area contributed by atoms with Crippen molar-refractivity contribution in [2.45, 2.75) is 6.92 Å². The lowest BCUT2D eigenvalue weighted by Gasteiger charge is -2.05. The molecule has 1 aromatic heterocycles. The third kappa shape index (κ3) is 5.40. The Hall–Kier alpha value is -4.31. The van der Waals surface area contributed by atoms with Crippen molar-refractivity contribution in [1.29, 1.82) is 5.26 Å². The van der Waals surface area contributed by atoms with Gasteiger partial charge < -0.3 is 19.2 Å². The van der Waals surface area contributed by atoms with Crippen LogP contribution >= 0.6 is 0 Å².